The number of esters is 1. The molecule has 7 nitrogen and oxygen atoms in total. The summed E-state index contributed by atoms with van der Waals surface area (Å²) in [4.78, 5) is 49.1. The Morgan fingerprint density at radius 1 is 1.03 bits per heavy atom. The van der Waals surface area contributed by atoms with Gasteiger partial charge in [0.1, 0.15) is 0 Å². The molecule has 1 heterocycles. The molecule has 3 rings (SSSR count). The summed E-state index contributed by atoms with van der Waals surface area (Å²) in [6.07, 6.45) is -4.98. The molecule has 31 heavy (non-hydrogen) atoms. The summed E-state index contributed by atoms with van der Waals surface area (Å²) >= 11 is 5.78. The Hall–Kier alpha value is -3.40. The third-order valence-corrected chi connectivity index (χ3v) is 4.68. The van der Waals surface area contributed by atoms with Crippen LogP contribution in [0.2, 0.25) is 5.02 Å². The van der Waals surface area contributed by atoms with Crippen LogP contribution in [0.25, 0.3) is 0 Å². The number of carbonyl (C=O) groups is 4. The molecule has 162 valence electrons. The van der Waals surface area contributed by atoms with Gasteiger partial charge >= 0.3 is 12.1 Å². The Morgan fingerprint density at radius 3 is 2.23 bits per heavy atom. The van der Waals surface area contributed by atoms with Crippen LogP contribution >= 0.6 is 11.6 Å². The summed E-state index contributed by atoms with van der Waals surface area (Å²) in [6, 6.07) is 8.61. The van der Waals surface area contributed by atoms with Gasteiger partial charge in [-0.15, -0.1) is 0 Å². The first-order valence-corrected chi connectivity index (χ1v) is 9.23. The van der Waals surface area contributed by atoms with Crippen LogP contribution in [-0.4, -0.2) is 41.7 Å². The number of nitrogens with one attached hydrogen (secondary N) is 1. The van der Waals surface area contributed by atoms with Gasteiger partial charge in [-0.3, -0.25) is 24.1 Å². The average molecular weight is 455 g/mol. The highest BCUT2D eigenvalue weighted by Crippen LogP contribution is 2.33. The predicted octanol–water partition coefficient (Wildman–Crippen LogP) is 3.53. The molecule has 1 N–H and O–H groups in total. The number of halogens is 4. The number of fused-ring (bicyclic) bond motifs is 1. The molecular formula is C20H14ClF3N2O5. The highest BCUT2D eigenvalue weighted by molar-refractivity contribution is 6.33. The maximum absolute atomic E-state index is 12.8. The second kappa shape index (κ2) is 8.76. The minimum atomic E-state index is -4.62. The number of nitrogens with zero attached hydrogens (tertiary/aromatic N) is 1. The van der Waals surface area contributed by atoms with Gasteiger partial charge in [0.2, 0.25) is 0 Å². The van der Waals surface area contributed by atoms with Crippen LogP contribution in [0.4, 0.5) is 18.9 Å². The first-order chi connectivity index (χ1) is 14.6. The van der Waals surface area contributed by atoms with E-state index >= 15 is 0 Å². The molecule has 0 saturated heterocycles. The van der Waals surface area contributed by atoms with Crippen molar-refractivity contribution in [2.24, 2.45) is 0 Å². The van der Waals surface area contributed by atoms with E-state index in [1.54, 1.807) is 12.1 Å². The zero-order valence-electron chi connectivity index (χ0n) is 15.7. The molecule has 1 aliphatic rings. The van der Waals surface area contributed by atoms with Crippen LogP contribution in [0.1, 0.15) is 32.7 Å². The van der Waals surface area contributed by atoms with Gasteiger partial charge in [-0.25, -0.2) is 0 Å². The fourth-order valence-electron chi connectivity index (χ4n) is 2.85. The van der Waals surface area contributed by atoms with Crippen molar-refractivity contribution >= 4 is 41.0 Å². The molecule has 11 heteroatoms. The minimum absolute atomic E-state index is 0.127. The van der Waals surface area contributed by atoms with Crippen molar-refractivity contribution in [1.29, 1.82) is 0 Å². The predicted molar refractivity (Wildman–Crippen MR) is 102 cm³/mol. The summed E-state index contributed by atoms with van der Waals surface area (Å²) in [5.74, 6) is -2.85. The van der Waals surface area contributed by atoms with Gasteiger partial charge in [-0.1, -0.05) is 23.7 Å². The summed E-state index contributed by atoms with van der Waals surface area (Å²) in [5.41, 5.74) is -0.829. The Kier molecular flexibility index (Phi) is 6.30. The van der Waals surface area contributed by atoms with Crippen LogP contribution in [-0.2, 0) is 20.5 Å². The molecule has 3 amide bonds. The quantitative estimate of drug-likeness (QED) is 0.532. The Balaban J connectivity index is 1.50. The maximum Gasteiger partial charge on any atom is 0.416 e. The molecule has 0 aliphatic carbocycles. The standard InChI is InChI=1S/C20H14ClF3N2O5/c21-14-6-5-11(20(22,23)24)9-15(14)25-16(27)10-31-17(28)7-8-26-18(29)12-3-1-2-4-13(12)19(26)30/h1-6,9H,7-8,10H2,(H,25,27). The number of alkyl halides is 3. The van der Waals surface area contributed by atoms with Crippen molar-refractivity contribution in [1.82, 2.24) is 4.90 Å². The average Bonchev–Trinajstić information content (AvgIpc) is 2.96. The molecule has 1 aliphatic heterocycles. The fraction of sp³-hybridized carbons (Fsp3) is 0.200. The van der Waals surface area contributed by atoms with Gasteiger partial charge in [0.15, 0.2) is 6.61 Å². The van der Waals surface area contributed by atoms with Crippen molar-refractivity contribution in [2.45, 2.75) is 12.6 Å². The first kappa shape index (κ1) is 22.3. The minimum Gasteiger partial charge on any atom is -0.456 e. The Morgan fingerprint density at radius 2 is 1.65 bits per heavy atom. The van der Waals surface area contributed by atoms with Gasteiger partial charge < -0.3 is 10.1 Å². The van der Waals surface area contributed by atoms with Gasteiger partial charge in [-0.2, -0.15) is 13.2 Å². The number of ether oxygens (including phenoxy) is 1. The van der Waals surface area contributed by atoms with Crippen LogP contribution in [0, 0.1) is 0 Å². The summed E-state index contributed by atoms with van der Waals surface area (Å²) in [5, 5.41) is 2.01. The lowest BCUT2D eigenvalue weighted by atomic mass is 10.1. The molecule has 0 unspecified atom stereocenters. The summed E-state index contributed by atoms with van der Waals surface area (Å²) in [6.45, 7) is -1.03. The largest absolute Gasteiger partial charge is 0.456 e. The van der Waals surface area contributed by atoms with E-state index in [1.807, 2.05) is 0 Å². The van der Waals surface area contributed by atoms with E-state index in [9.17, 15) is 32.3 Å². The number of hydrogen-bond acceptors (Lipinski definition) is 5. The van der Waals surface area contributed by atoms with E-state index in [0.29, 0.717) is 6.07 Å². The van der Waals surface area contributed by atoms with E-state index in [2.05, 4.69) is 5.32 Å². The third kappa shape index (κ3) is 5.02. The van der Waals surface area contributed by atoms with Crippen LogP contribution in [0.15, 0.2) is 42.5 Å². The molecule has 2 aromatic rings. The molecule has 0 bridgehead atoms. The Labute approximate surface area is 178 Å². The first-order valence-electron chi connectivity index (χ1n) is 8.85. The van der Waals surface area contributed by atoms with Crippen molar-refractivity contribution in [3.05, 3.63) is 64.2 Å². The molecular weight excluding hydrogens is 441 g/mol. The maximum atomic E-state index is 12.8. The number of rotatable bonds is 6. The molecule has 0 aromatic heterocycles. The van der Waals surface area contributed by atoms with Gasteiger partial charge in [0.05, 0.1) is 33.8 Å². The zero-order chi connectivity index (χ0) is 22.8. The number of benzene rings is 2. The zero-order valence-corrected chi connectivity index (χ0v) is 16.4. The van der Waals surface area contributed by atoms with E-state index in [1.165, 1.54) is 12.1 Å². The van der Waals surface area contributed by atoms with Crippen molar-refractivity contribution in [3.8, 4) is 0 Å². The lowest BCUT2D eigenvalue weighted by Crippen LogP contribution is -2.32. The summed E-state index contributed by atoms with van der Waals surface area (Å²) in [7, 11) is 0. The van der Waals surface area contributed by atoms with Crippen molar-refractivity contribution < 1.29 is 37.1 Å². The topological polar surface area (TPSA) is 92.8 Å². The number of anilines is 1. The van der Waals surface area contributed by atoms with Crippen molar-refractivity contribution in [3.63, 3.8) is 0 Å². The molecule has 0 radical (unpaired) electrons. The van der Waals surface area contributed by atoms with Crippen LogP contribution < -0.4 is 5.32 Å². The second-order valence-corrected chi connectivity index (χ2v) is 6.87. The van der Waals surface area contributed by atoms with Crippen LogP contribution in [0.5, 0.6) is 0 Å². The second-order valence-electron chi connectivity index (χ2n) is 6.46. The van der Waals surface area contributed by atoms with E-state index in [4.69, 9.17) is 16.3 Å². The van der Waals surface area contributed by atoms with Gasteiger partial charge in [0.25, 0.3) is 17.7 Å². The molecule has 0 spiro atoms. The lowest BCUT2D eigenvalue weighted by molar-refractivity contribution is -0.147. The van der Waals surface area contributed by atoms with E-state index < -0.39 is 42.0 Å². The molecule has 0 saturated carbocycles. The highest BCUT2D eigenvalue weighted by atomic mass is 35.5. The lowest BCUT2D eigenvalue weighted by Gasteiger charge is -2.13. The SMILES string of the molecule is O=C(COC(=O)CCN1C(=O)c2ccccc2C1=O)Nc1cc(C(F)(F)F)ccc1Cl. The Bertz CT molecular complexity index is 1040. The van der Waals surface area contributed by atoms with E-state index in [-0.39, 0.29) is 34.8 Å². The van der Waals surface area contributed by atoms with Crippen molar-refractivity contribution in [2.75, 3.05) is 18.5 Å². The van der Waals surface area contributed by atoms with Gasteiger partial charge in [-0.05, 0) is 30.3 Å². The van der Waals surface area contributed by atoms with Crippen LogP contribution in [0.3, 0.4) is 0 Å². The summed E-state index contributed by atoms with van der Waals surface area (Å²) < 4.78 is 43.1. The molecule has 0 fully saturated rings. The normalized spacial score (nSPS) is 13.2. The number of imide groups is 1. The molecule has 0 atom stereocenters. The third-order valence-electron chi connectivity index (χ3n) is 4.35. The highest BCUT2D eigenvalue weighted by Gasteiger charge is 2.35. The fourth-order valence-corrected chi connectivity index (χ4v) is 3.01. The number of carbonyl (C=O) groups excluding carboxylic acids is 4. The molecule has 2 aromatic carbocycles. The number of hydrogen-bond donors (Lipinski definition) is 1. The van der Waals surface area contributed by atoms with Gasteiger partial charge in [0, 0.05) is 6.54 Å². The monoisotopic (exact) mass is 454 g/mol. The number of amides is 3. The van der Waals surface area contributed by atoms with E-state index in [0.717, 1.165) is 17.0 Å². The smallest absolute Gasteiger partial charge is 0.416 e.